The molecule has 1 aliphatic heterocycles. The summed E-state index contributed by atoms with van der Waals surface area (Å²) < 4.78 is 11.0. The molecule has 0 fully saturated rings. The molecule has 0 N–H and O–H groups in total. The van der Waals surface area contributed by atoms with E-state index in [2.05, 4.69) is 17.1 Å². The molecule has 0 aromatic heterocycles. The van der Waals surface area contributed by atoms with Gasteiger partial charge in [0.25, 0.3) is 0 Å². The van der Waals surface area contributed by atoms with E-state index in [0.29, 0.717) is 19.2 Å². The van der Waals surface area contributed by atoms with E-state index in [9.17, 15) is 0 Å². The Labute approximate surface area is 106 Å². The Balaban J connectivity index is 1.95. The van der Waals surface area contributed by atoms with Crippen molar-refractivity contribution < 1.29 is 9.47 Å². The van der Waals surface area contributed by atoms with Crippen LogP contribution in [0.2, 0.25) is 0 Å². The number of hydrogen-bond donors (Lipinski definition) is 0. The summed E-state index contributed by atoms with van der Waals surface area (Å²) in [6.07, 6.45) is 0.360. The molecule has 3 rings (SSSR count). The van der Waals surface area contributed by atoms with Crippen molar-refractivity contribution >= 4 is 6.08 Å². The van der Waals surface area contributed by atoms with Gasteiger partial charge in [-0.2, -0.15) is 0 Å². The Morgan fingerprint density at radius 3 is 2.50 bits per heavy atom. The fraction of sp³-hybridized carbons (Fsp3) is 0.133. The molecule has 90 valence electrons. The maximum absolute atomic E-state index is 5.69. The van der Waals surface area contributed by atoms with Crippen LogP contribution >= 0.6 is 0 Å². The van der Waals surface area contributed by atoms with E-state index >= 15 is 0 Å². The zero-order valence-electron chi connectivity index (χ0n) is 9.87. The lowest BCUT2D eigenvalue weighted by molar-refractivity contribution is 0.274. The smallest absolute Gasteiger partial charge is 0.389 e. The van der Waals surface area contributed by atoms with Gasteiger partial charge in [-0.05, 0) is 11.6 Å². The minimum absolute atomic E-state index is 0.360. The number of hydrogen-bond acceptors (Lipinski definition) is 3. The van der Waals surface area contributed by atoms with Crippen molar-refractivity contribution in [2.45, 2.75) is 0 Å². The summed E-state index contributed by atoms with van der Waals surface area (Å²) in [6.45, 7) is 1.27. The average Bonchev–Trinajstić information content (AvgIpc) is 2.93. The molecule has 0 amide bonds. The maximum atomic E-state index is 5.69. The monoisotopic (exact) mass is 239 g/mol. The molecule has 2 aromatic rings. The van der Waals surface area contributed by atoms with Crippen LogP contribution in [0, 0.1) is 0 Å². The predicted octanol–water partition coefficient (Wildman–Crippen LogP) is 3.12. The highest BCUT2D eigenvalue weighted by Crippen LogP contribution is 2.29. The van der Waals surface area contributed by atoms with E-state index in [1.807, 2.05) is 42.5 Å². The number of rotatable bonds is 2. The van der Waals surface area contributed by atoms with Crippen molar-refractivity contribution in [3.8, 4) is 16.9 Å². The molecule has 0 spiro atoms. The molecule has 0 saturated carbocycles. The third-order valence-corrected chi connectivity index (χ3v) is 2.73. The lowest BCUT2D eigenvalue weighted by Gasteiger charge is -2.10. The van der Waals surface area contributed by atoms with E-state index in [0.717, 1.165) is 16.9 Å². The highest BCUT2D eigenvalue weighted by Gasteiger charge is 2.13. The van der Waals surface area contributed by atoms with E-state index in [-0.39, 0.29) is 0 Å². The van der Waals surface area contributed by atoms with Crippen molar-refractivity contribution in [3.63, 3.8) is 0 Å². The normalized spacial score (nSPS) is 13.9. The molecule has 3 nitrogen and oxygen atoms in total. The summed E-state index contributed by atoms with van der Waals surface area (Å²) >= 11 is 0. The summed E-state index contributed by atoms with van der Waals surface area (Å²) in [5, 5.41) is 0. The number of aliphatic imine (C=N–C) groups is 1. The molecule has 1 aliphatic rings. The highest BCUT2D eigenvalue weighted by molar-refractivity contribution is 5.77. The highest BCUT2D eigenvalue weighted by atomic mass is 16.7. The van der Waals surface area contributed by atoms with Crippen LogP contribution in [-0.4, -0.2) is 19.2 Å². The molecular weight excluding hydrogens is 226 g/mol. The standard InChI is InChI=1S/C15H13NO2/c1-2-6-12(7-3-1)13-8-4-5-9-14(13)18-15-16-10-11-17-15/h1-9H,10-11H2. The quantitative estimate of drug-likeness (QED) is 0.806. The summed E-state index contributed by atoms with van der Waals surface area (Å²) in [7, 11) is 0. The summed E-state index contributed by atoms with van der Waals surface area (Å²) in [6, 6.07) is 18.0. The minimum Gasteiger partial charge on any atom is -0.448 e. The van der Waals surface area contributed by atoms with Crippen molar-refractivity contribution in [2.24, 2.45) is 4.99 Å². The summed E-state index contributed by atoms with van der Waals surface area (Å²) in [5.41, 5.74) is 2.16. The molecule has 1 heterocycles. The van der Waals surface area contributed by atoms with Gasteiger partial charge in [-0.15, -0.1) is 0 Å². The van der Waals surface area contributed by atoms with Gasteiger partial charge >= 0.3 is 6.08 Å². The zero-order chi connectivity index (χ0) is 12.2. The van der Waals surface area contributed by atoms with Gasteiger partial charge in [-0.3, -0.25) is 0 Å². The maximum Gasteiger partial charge on any atom is 0.389 e. The number of nitrogens with zero attached hydrogens (tertiary/aromatic N) is 1. The Morgan fingerprint density at radius 2 is 1.72 bits per heavy atom. The van der Waals surface area contributed by atoms with E-state index < -0.39 is 0 Å². The predicted molar refractivity (Wildman–Crippen MR) is 70.8 cm³/mol. The van der Waals surface area contributed by atoms with Crippen LogP contribution in [0.1, 0.15) is 0 Å². The van der Waals surface area contributed by atoms with E-state index in [1.165, 1.54) is 0 Å². The van der Waals surface area contributed by atoms with Crippen molar-refractivity contribution in [2.75, 3.05) is 13.2 Å². The molecule has 3 heteroatoms. The van der Waals surface area contributed by atoms with Gasteiger partial charge in [-0.1, -0.05) is 48.5 Å². The Bertz CT molecular complexity index is 564. The first-order chi connectivity index (χ1) is 8.93. The minimum atomic E-state index is 0.360. The van der Waals surface area contributed by atoms with Gasteiger partial charge in [0.15, 0.2) is 0 Å². The van der Waals surface area contributed by atoms with Crippen molar-refractivity contribution in [1.29, 1.82) is 0 Å². The largest absolute Gasteiger partial charge is 0.448 e. The second-order valence-electron chi connectivity index (χ2n) is 3.96. The molecule has 0 bridgehead atoms. The molecule has 0 radical (unpaired) electrons. The second kappa shape index (κ2) is 4.92. The van der Waals surface area contributed by atoms with Crippen LogP contribution in [0.4, 0.5) is 0 Å². The third-order valence-electron chi connectivity index (χ3n) is 2.73. The Hall–Kier alpha value is -2.29. The van der Waals surface area contributed by atoms with Crippen molar-refractivity contribution in [3.05, 3.63) is 54.6 Å². The van der Waals surface area contributed by atoms with Crippen LogP contribution in [0.15, 0.2) is 59.6 Å². The van der Waals surface area contributed by atoms with Gasteiger partial charge in [0, 0.05) is 5.56 Å². The Kier molecular flexibility index (Phi) is 2.96. The lowest BCUT2D eigenvalue weighted by Crippen LogP contribution is -2.08. The van der Waals surface area contributed by atoms with Crippen molar-refractivity contribution in [1.82, 2.24) is 0 Å². The van der Waals surface area contributed by atoms with Crippen LogP contribution < -0.4 is 4.74 Å². The fourth-order valence-corrected chi connectivity index (χ4v) is 1.88. The van der Waals surface area contributed by atoms with Gasteiger partial charge in [0.2, 0.25) is 0 Å². The van der Waals surface area contributed by atoms with E-state index in [4.69, 9.17) is 9.47 Å². The first kappa shape index (κ1) is 10.8. The van der Waals surface area contributed by atoms with Crippen LogP contribution in [0.3, 0.4) is 0 Å². The molecule has 0 unspecified atom stereocenters. The SMILES string of the molecule is c1ccc(-c2ccccc2OC2=NCCO2)cc1. The number of para-hydroxylation sites is 1. The molecule has 0 atom stereocenters. The van der Waals surface area contributed by atoms with Gasteiger partial charge in [-0.25, -0.2) is 4.99 Å². The Morgan fingerprint density at radius 1 is 0.944 bits per heavy atom. The van der Waals surface area contributed by atoms with Gasteiger partial charge < -0.3 is 9.47 Å². The summed E-state index contributed by atoms with van der Waals surface area (Å²) in [5.74, 6) is 0.768. The molecular formula is C15H13NO2. The summed E-state index contributed by atoms with van der Waals surface area (Å²) in [4.78, 5) is 4.14. The zero-order valence-corrected chi connectivity index (χ0v) is 9.87. The van der Waals surface area contributed by atoms with Gasteiger partial charge in [0.1, 0.15) is 12.4 Å². The lowest BCUT2D eigenvalue weighted by atomic mass is 10.1. The number of ether oxygens (including phenoxy) is 2. The van der Waals surface area contributed by atoms with Crippen LogP contribution in [0.25, 0.3) is 11.1 Å². The average molecular weight is 239 g/mol. The molecule has 0 aliphatic carbocycles. The number of benzene rings is 2. The molecule has 18 heavy (non-hydrogen) atoms. The molecule has 2 aromatic carbocycles. The van der Waals surface area contributed by atoms with Crippen LogP contribution in [0.5, 0.6) is 5.75 Å². The van der Waals surface area contributed by atoms with Crippen LogP contribution in [-0.2, 0) is 4.74 Å². The third kappa shape index (κ3) is 2.20. The van der Waals surface area contributed by atoms with E-state index in [1.54, 1.807) is 0 Å². The van der Waals surface area contributed by atoms with Gasteiger partial charge in [0.05, 0.1) is 6.54 Å². The first-order valence-corrected chi connectivity index (χ1v) is 5.93. The fourth-order valence-electron chi connectivity index (χ4n) is 1.88. The topological polar surface area (TPSA) is 30.8 Å². The second-order valence-corrected chi connectivity index (χ2v) is 3.96. The first-order valence-electron chi connectivity index (χ1n) is 5.93. The molecule has 0 saturated heterocycles.